The van der Waals surface area contributed by atoms with Crippen LogP contribution in [0.2, 0.25) is 0 Å². The van der Waals surface area contributed by atoms with Gasteiger partial charge in [0.1, 0.15) is 5.69 Å². The number of nitrogens with zero attached hydrogens (tertiary/aromatic N) is 2. The average molecular weight is 327 g/mol. The number of benzene rings is 1. The molecule has 4 nitrogen and oxygen atoms in total. The third-order valence-corrected chi connectivity index (χ3v) is 5.69. The third-order valence-electron chi connectivity index (χ3n) is 5.69. The average Bonchev–Trinajstić information content (AvgIpc) is 2.58. The standard InChI is InChI=1S/C20H29N3O/c1-14-8-6-10-17(15(14)2)21-12-7-13-23-19-11-5-4-9-18(19)22-16(3)20(23)24/h4-5,9,11,14-15,17,21H,6-8,10,12-13H2,1-3H3. The van der Waals surface area contributed by atoms with Gasteiger partial charge < -0.3 is 9.88 Å². The number of para-hydroxylation sites is 2. The van der Waals surface area contributed by atoms with Crippen molar-refractivity contribution in [3.05, 3.63) is 40.3 Å². The molecule has 3 unspecified atom stereocenters. The highest BCUT2D eigenvalue weighted by atomic mass is 16.1. The Hall–Kier alpha value is -1.68. The number of aryl methyl sites for hydroxylation is 2. The quantitative estimate of drug-likeness (QED) is 0.855. The molecule has 0 radical (unpaired) electrons. The first-order chi connectivity index (χ1) is 11.6. The third kappa shape index (κ3) is 3.54. The number of hydrogen-bond donors (Lipinski definition) is 1. The SMILES string of the molecule is Cc1nc2ccccc2n(CCCNC2CCCC(C)C2C)c1=O. The van der Waals surface area contributed by atoms with Crippen LogP contribution in [-0.2, 0) is 6.54 Å². The molecule has 1 aliphatic rings. The summed E-state index contributed by atoms with van der Waals surface area (Å²) in [5.74, 6) is 1.55. The van der Waals surface area contributed by atoms with Crippen LogP contribution >= 0.6 is 0 Å². The van der Waals surface area contributed by atoms with E-state index in [0.717, 1.165) is 42.4 Å². The zero-order valence-corrected chi connectivity index (χ0v) is 15.1. The largest absolute Gasteiger partial charge is 0.314 e. The first kappa shape index (κ1) is 17.2. The monoisotopic (exact) mass is 327 g/mol. The zero-order chi connectivity index (χ0) is 17.1. The number of hydrogen-bond acceptors (Lipinski definition) is 3. The molecular formula is C20H29N3O. The fourth-order valence-electron chi connectivity index (χ4n) is 3.94. The molecular weight excluding hydrogens is 298 g/mol. The lowest BCUT2D eigenvalue weighted by Gasteiger charge is -2.34. The number of nitrogens with one attached hydrogen (secondary N) is 1. The van der Waals surface area contributed by atoms with Gasteiger partial charge in [0.05, 0.1) is 11.0 Å². The molecule has 1 saturated carbocycles. The van der Waals surface area contributed by atoms with Gasteiger partial charge in [0, 0.05) is 12.6 Å². The minimum absolute atomic E-state index is 0.0355. The van der Waals surface area contributed by atoms with Gasteiger partial charge in [-0.05, 0) is 50.3 Å². The number of aromatic nitrogens is 2. The van der Waals surface area contributed by atoms with E-state index < -0.39 is 0 Å². The van der Waals surface area contributed by atoms with E-state index in [4.69, 9.17) is 0 Å². The highest BCUT2D eigenvalue weighted by molar-refractivity contribution is 5.74. The van der Waals surface area contributed by atoms with Crippen molar-refractivity contribution < 1.29 is 0 Å². The minimum atomic E-state index is 0.0355. The van der Waals surface area contributed by atoms with Crippen molar-refractivity contribution in [3.63, 3.8) is 0 Å². The second-order valence-electron chi connectivity index (χ2n) is 7.32. The molecule has 3 rings (SSSR count). The van der Waals surface area contributed by atoms with Gasteiger partial charge in [-0.3, -0.25) is 4.79 Å². The van der Waals surface area contributed by atoms with Crippen LogP contribution in [0.15, 0.2) is 29.1 Å². The molecule has 0 amide bonds. The normalized spacial score (nSPS) is 24.4. The lowest BCUT2D eigenvalue weighted by atomic mass is 9.78. The van der Waals surface area contributed by atoms with Crippen LogP contribution in [0.1, 0.15) is 45.2 Å². The van der Waals surface area contributed by atoms with Gasteiger partial charge >= 0.3 is 0 Å². The summed E-state index contributed by atoms with van der Waals surface area (Å²) in [6.07, 6.45) is 4.93. The highest BCUT2D eigenvalue weighted by Gasteiger charge is 2.26. The van der Waals surface area contributed by atoms with Crippen molar-refractivity contribution in [2.24, 2.45) is 11.8 Å². The van der Waals surface area contributed by atoms with Crippen LogP contribution in [-0.4, -0.2) is 22.1 Å². The van der Waals surface area contributed by atoms with E-state index >= 15 is 0 Å². The van der Waals surface area contributed by atoms with Gasteiger partial charge in [-0.25, -0.2) is 4.98 Å². The van der Waals surface area contributed by atoms with E-state index in [1.54, 1.807) is 6.92 Å². The summed E-state index contributed by atoms with van der Waals surface area (Å²) in [5.41, 5.74) is 2.45. The molecule has 24 heavy (non-hydrogen) atoms. The van der Waals surface area contributed by atoms with E-state index in [-0.39, 0.29) is 5.56 Å². The van der Waals surface area contributed by atoms with Crippen molar-refractivity contribution in [2.75, 3.05) is 6.54 Å². The summed E-state index contributed by atoms with van der Waals surface area (Å²) in [7, 11) is 0. The Morgan fingerprint density at radius 1 is 1.25 bits per heavy atom. The van der Waals surface area contributed by atoms with Crippen LogP contribution in [0.5, 0.6) is 0 Å². The highest BCUT2D eigenvalue weighted by Crippen LogP contribution is 2.29. The molecule has 1 N–H and O–H groups in total. The molecule has 1 aromatic heterocycles. The molecule has 0 bridgehead atoms. The van der Waals surface area contributed by atoms with E-state index in [1.165, 1.54) is 19.3 Å². The lowest BCUT2D eigenvalue weighted by Crippen LogP contribution is -2.41. The molecule has 1 heterocycles. The summed E-state index contributed by atoms with van der Waals surface area (Å²) in [4.78, 5) is 16.9. The second-order valence-corrected chi connectivity index (χ2v) is 7.32. The Balaban J connectivity index is 1.64. The van der Waals surface area contributed by atoms with Crippen LogP contribution in [0, 0.1) is 18.8 Å². The summed E-state index contributed by atoms with van der Waals surface area (Å²) in [5, 5.41) is 3.72. The molecule has 3 atom stereocenters. The van der Waals surface area contributed by atoms with Crippen molar-refractivity contribution in [1.29, 1.82) is 0 Å². The Labute approximate surface area is 144 Å². The predicted molar refractivity (Wildman–Crippen MR) is 99.3 cm³/mol. The van der Waals surface area contributed by atoms with Gasteiger partial charge in [0.25, 0.3) is 5.56 Å². The zero-order valence-electron chi connectivity index (χ0n) is 15.1. The smallest absolute Gasteiger partial charge is 0.272 e. The Morgan fingerprint density at radius 3 is 2.88 bits per heavy atom. The minimum Gasteiger partial charge on any atom is -0.314 e. The molecule has 4 heteroatoms. The maximum atomic E-state index is 12.5. The summed E-state index contributed by atoms with van der Waals surface area (Å²) < 4.78 is 1.88. The first-order valence-electron chi connectivity index (χ1n) is 9.27. The van der Waals surface area contributed by atoms with Gasteiger partial charge in [-0.1, -0.05) is 38.8 Å². The maximum absolute atomic E-state index is 12.5. The molecule has 0 saturated heterocycles. The fraction of sp³-hybridized carbons (Fsp3) is 0.600. The molecule has 1 fully saturated rings. The fourth-order valence-corrected chi connectivity index (χ4v) is 3.94. The van der Waals surface area contributed by atoms with E-state index in [2.05, 4.69) is 24.1 Å². The van der Waals surface area contributed by atoms with Gasteiger partial charge in [0.2, 0.25) is 0 Å². The molecule has 1 aliphatic carbocycles. The van der Waals surface area contributed by atoms with E-state index in [0.29, 0.717) is 11.7 Å². The van der Waals surface area contributed by atoms with Crippen molar-refractivity contribution >= 4 is 11.0 Å². The maximum Gasteiger partial charge on any atom is 0.272 e. The van der Waals surface area contributed by atoms with Gasteiger partial charge in [-0.15, -0.1) is 0 Å². The van der Waals surface area contributed by atoms with Crippen molar-refractivity contribution in [1.82, 2.24) is 14.9 Å². The lowest BCUT2D eigenvalue weighted by molar-refractivity contribution is 0.206. The van der Waals surface area contributed by atoms with Gasteiger partial charge in [-0.2, -0.15) is 0 Å². The number of fused-ring (bicyclic) bond motifs is 1. The Morgan fingerprint density at radius 2 is 2.04 bits per heavy atom. The Kier molecular flexibility index (Phi) is 5.34. The van der Waals surface area contributed by atoms with E-state index in [9.17, 15) is 4.79 Å². The van der Waals surface area contributed by atoms with Crippen LogP contribution < -0.4 is 10.9 Å². The van der Waals surface area contributed by atoms with Crippen LogP contribution in [0.25, 0.3) is 11.0 Å². The number of rotatable bonds is 5. The summed E-state index contributed by atoms with van der Waals surface area (Å²) in [6, 6.07) is 8.53. The second kappa shape index (κ2) is 7.47. The molecule has 0 spiro atoms. The summed E-state index contributed by atoms with van der Waals surface area (Å²) >= 11 is 0. The first-order valence-corrected chi connectivity index (χ1v) is 9.27. The van der Waals surface area contributed by atoms with Crippen LogP contribution in [0.4, 0.5) is 0 Å². The topological polar surface area (TPSA) is 46.9 Å². The van der Waals surface area contributed by atoms with Crippen LogP contribution in [0.3, 0.4) is 0 Å². The van der Waals surface area contributed by atoms with Crippen molar-refractivity contribution in [2.45, 2.75) is 59.0 Å². The molecule has 130 valence electrons. The molecule has 1 aromatic carbocycles. The summed E-state index contributed by atoms with van der Waals surface area (Å²) in [6.45, 7) is 8.24. The van der Waals surface area contributed by atoms with E-state index in [1.807, 2.05) is 28.8 Å². The van der Waals surface area contributed by atoms with Crippen molar-refractivity contribution in [3.8, 4) is 0 Å². The van der Waals surface area contributed by atoms with Gasteiger partial charge in [0.15, 0.2) is 0 Å². The Bertz CT molecular complexity index is 752. The predicted octanol–water partition coefficient (Wildman–Crippen LogP) is 3.51. The molecule has 0 aliphatic heterocycles. The molecule has 2 aromatic rings.